The van der Waals surface area contributed by atoms with Crippen LogP contribution in [0.3, 0.4) is 0 Å². The second kappa shape index (κ2) is 6.32. The van der Waals surface area contributed by atoms with Gasteiger partial charge in [0, 0.05) is 18.4 Å². The first kappa shape index (κ1) is 15.3. The monoisotopic (exact) mass is 332 g/mol. The van der Waals surface area contributed by atoms with Crippen LogP contribution in [0, 0.1) is 0 Å². The number of carbonyl (C=O) groups is 1. The lowest BCUT2D eigenvalue weighted by Crippen LogP contribution is -2.21. The van der Waals surface area contributed by atoms with Crippen LogP contribution in [0.2, 0.25) is 0 Å². The fourth-order valence-corrected chi connectivity index (χ4v) is 3.12. The average molecular weight is 332 g/mol. The first-order valence-corrected chi connectivity index (χ1v) is 8.05. The van der Waals surface area contributed by atoms with Crippen LogP contribution in [-0.2, 0) is 12.8 Å². The average Bonchev–Trinajstić information content (AvgIpc) is 3.04. The lowest BCUT2D eigenvalue weighted by Gasteiger charge is -2.12. The Balaban J connectivity index is 1.55. The molecule has 0 unspecified atom stereocenters. The number of nitrogens with one attached hydrogen (secondary N) is 1. The highest BCUT2D eigenvalue weighted by Crippen LogP contribution is 2.24. The Morgan fingerprint density at radius 1 is 1.00 bits per heavy atom. The van der Waals surface area contributed by atoms with Gasteiger partial charge in [0.2, 0.25) is 5.95 Å². The van der Waals surface area contributed by atoms with Gasteiger partial charge in [0.1, 0.15) is 0 Å². The molecule has 0 aliphatic heterocycles. The van der Waals surface area contributed by atoms with Crippen molar-refractivity contribution in [3.8, 4) is 11.4 Å². The largest absolute Gasteiger partial charge is 0.478 e. The van der Waals surface area contributed by atoms with E-state index in [-0.39, 0.29) is 11.6 Å². The van der Waals surface area contributed by atoms with Crippen molar-refractivity contribution in [2.24, 2.45) is 0 Å². The van der Waals surface area contributed by atoms with Gasteiger partial charge in [-0.25, -0.2) is 14.8 Å². The summed E-state index contributed by atoms with van der Waals surface area (Å²) in [4.78, 5) is 24.1. The van der Waals surface area contributed by atoms with E-state index < -0.39 is 5.97 Å². The van der Waals surface area contributed by atoms with Gasteiger partial charge < -0.3 is 10.4 Å². The van der Waals surface area contributed by atoms with Gasteiger partial charge >= 0.3 is 5.97 Å². The Hall–Kier alpha value is -3.28. The summed E-state index contributed by atoms with van der Waals surface area (Å²) in [5.41, 5.74) is 4.00. The molecule has 0 spiro atoms. The first-order chi connectivity index (χ1) is 12.2. The predicted octanol–water partition coefficient (Wildman–Crippen LogP) is 2.82. The summed E-state index contributed by atoms with van der Waals surface area (Å²) in [5.74, 6) is -0.461. The van der Waals surface area contributed by atoms with Gasteiger partial charge in [-0.15, -0.1) is 0 Å². The van der Waals surface area contributed by atoms with Crippen LogP contribution in [0.4, 0.5) is 5.95 Å². The maximum Gasteiger partial charge on any atom is 0.335 e. The highest BCUT2D eigenvalue weighted by atomic mass is 16.4. The van der Waals surface area contributed by atoms with Gasteiger partial charge in [-0.1, -0.05) is 24.3 Å². The van der Waals surface area contributed by atoms with E-state index in [9.17, 15) is 4.79 Å². The Labute approximate surface area is 144 Å². The van der Waals surface area contributed by atoms with Crippen LogP contribution in [0.15, 0.2) is 54.9 Å². The smallest absolute Gasteiger partial charge is 0.335 e. The quantitative estimate of drug-likeness (QED) is 0.764. The van der Waals surface area contributed by atoms with Gasteiger partial charge in [0.05, 0.1) is 17.0 Å². The molecular weight excluding hydrogens is 316 g/mol. The van der Waals surface area contributed by atoms with Gasteiger partial charge in [-0.3, -0.25) is 4.98 Å². The molecule has 0 atom stereocenters. The molecule has 1 aromatic carbocycles. The summed E-state index contributed by atoms with van der Waals surface area (Å²) in [6, 6.07) is 13.4. The van der Waals surface area contributed by atoms with E-state index in [0.29, 0.717) is 17.3 Å². The number of fused-ring (bicyclic) bond motifs is 1. The van der Waals surface area contributed by atoms with Gasteiger partial charge in [0.25, 0.3) is 0 Å². The number of pyridine rings is 1. The molecule has 0 saturated carbocycles. The van der Waals surface area contributed by atoms with E-state index in [1.807, 2.05) is 0 Å². The number of hydrogen-bond donors (Lipinski definition) is 2. The van der Waals surface area contributed by atoms with E-state index in [2.05, 4.69) is 44.5 Å². The van der Waals surface area contributed by atoms with E-state index >= 15 is 0 Å². The molecule has 2 N–H and O–H groups in total. The van der Waals surface area contributed by atoms with Crippen molar-refractivity contribution in [1.29, 1.82) is 0 Å². The molecule has 25 heavy (non-hydrogen) atoms. The molecule has 124 valence electrons. The highest BCUT2D eigenvalue weighted by Gasteiger charge is 2.21. The zero-order valence-electron chi connectivity index (χ0n) is 13.4. The molecule has 1 aliphatic carbocycles. The molecule has 0 amide bonds. The van der Waals surface area contributed by atoms with E-state index in [4.69, 9.17) is 5.11 Å². The van der Waals surface area contributed by atoms with Crippen molar-refractivity contribution in [2.75, 3.05) is 5.32 Å². The number of aromatic carboxylic acids is 1. The number of nitrogens with zero attached hydrogens (tertiary/aromatic N) is 3. The summed E-state index contributed by atoms with van der Waals surface area (Å²) in [6.45, 7) is 0. The van der Waals surface area contributed by atoms with Gasteiger partial charge in [-0.2, -0.15) is 0 Å². The molecule has 2 heterocycles. The Morgan fingerprint density at radius 3 is 2.44 bits per heavy atom. The Kier molecular flexibility index (Phi) is 3.85. The molecule has 3 aromatic rings. The second-order valence-corrected chi connectivity index (χ2v) is 6.02. The van der Waals surface area contributed by atoms with E-state index in [0.717, 1.165) is 12.8 Å². The zero-order valence-corrected chi connectivity index (χ0v) is 13.4. The fraction of sp³-hybridized carbons (Fsp3) is 0.158. The number of carboxylic acid groups (broad SMARTS) is 1. The molecule has 0 saturated heterocycles. The maximum atomic E-state index is 11.1. The summed E-state index contributed by atoms with van der Waals surface area (Å²) in [7, 11) is 0. The minimum atomic E-state index is -0.986. The van der Waals surface area contributed by atoms with Crippen LogP contribution in [-0.4, -0.2) is 32.1 Å². The third kappa shape index (κ3) is 3.19. The molecule has 6 nitrogen and oxygen atoms in total. The normalized spacial score (nSPS) is 13.4. The minimum Gasteiger partial charge on any atom is -0.478 e. The zero-order chi connectivity index (χ0) is 17.2. The van der Waals surface area contributed by atoms with Crippen molar-refractivity contribution in [1.82, 2.24) is 15.0 Å². The predicted molar refractivity (Wildman–Crippen MR) is 93.5 cm³/mol. The van der Waals surface area contributed by atoms with E-state index in [1.54, 1.807) is 12.3 Å². The number of hydrogen-bond acceptors (Lipinski definition) is 5. The van der Waals surface area contributed by atoms with Crippen molar-refractivity contribution in [3.63, 3.8) is 0 Å². The third-order valence-corrected chi connectivity index (χ3v) is 4.31. The number of anilines is 1. The number of benzene rings is 1. The van der Waals surface area contributed by atoms with E-state index in [1.165, 1.54) is 29.5 Å². The maximum absolute atomic E-state index is 11.1. The second-order valence-electron chi connectivity index (χ2n) is 6.02. The molecular formula is C19H16N4O2. The number of rotatable bonds is 4. The molecule has 1 aliphatic rings. The Morgan fingerprint density at radius 2 is 1.72 bits per heavy atom. The molecule has 0 bridgehead atoms. The first-order valence-electron chi connectivity index (χ1n) is 8.05. The summed E-state index contributed by atoms with van der Waals surface area (Å²) < 4.78 is 0. The minimum absolute atomic E-state index is 0.185. The van der Waals surface area contributed by atoms with Crippen LogP contribution < -0.4 is 5.32 Å². The molecule has 6 heteroatoms. The molecule has 0 fully saturated rings. The standard InChI is InChI=1S/C19H16N4O2/c24-18(25)14-5-7-20-17(11-14)16-6-8-21-19(23-16)22-15-9-12-3-1-2-4-13(12)10-15/h1-8,11,15H,9-10H2,(H,24,25)(H,21,22,23). The summed E-state index contributed by atoms with van der Waals surface area (Å²) in [6.07, 6.45) is 5.01. The van der Waals surface area contributed by atoms with Crippen LogP contribution in [0.25, 0.3) is 11.4 Å². The number of aromatic nitrogens is 3. The summed E-state index contributed by atoms with van der Waals surface area (Å²) in [5, 5.41) is 12.5. The highest BCUT2D eigenvalue weighted by molar-refractivity contribution is 5.88. The van der Waals surface area contributed by atoms with Crippen molar-refractivity contribution >= 4 is 11.9 Å². The lowest BCUT2D eigenvalue weighted by molar-refractivity contribution is 0.0697. The van der Waals surface area contributed by atoms with Gasteiger partial charge in [0.15, 0.2) is 0 Å². The topological polar surface area (TPSA) is 88.0 Å². The number of carboxylic acids is 1. The molecule has 2 aromatic heterocycles. The van der Waals surface area contributed by atoms with Gasteiger partial charge in [-0.05, 0) is 42.2 Å². The summed E-state index contributed by atoms with van der Waals surface area (Å²) >= 11 is 0. The fourth-order valence-electron chi connectivity index (χ4n) is 3.12. The van der Waals surface area contributed by atoms with Crippen LogP contribution >= 0.6 is 0 Å². The SMILES string of the molecule is O=C(O)c1ccnc(-c2ccnc(NC3Cc4ccccc4C3)n2)c1. The molecule has 0 radical (unpaired) electrons. The van der Waals surface area contributed by atoms with Crippen molar-refractivity contribution < 1.29 is 9.90 Å². The van der Waals surface area contributed by atoms with Crippen molar-refractivity contribution in [2.45, 2.75) is 18.9 Å². The lowest BCUT2D eigenvalue weighted by atomic mass is 10.1. The van der Waals surface area contributed by atoms with Crippen LogP contribution in [0.1, 0.15) is 21.5 Å². The Bertz CT molecular complexity index is 917. The van der Waals surface area contributed by atoms with Crippen molar-refractivity contribution in [3.05, 3.63) is 71.5 Å². The molecule has 4 rings (SSSR count). The van der Waals surface area contributed by atoms with Crippen LogP contribution in [0.5, 0.6) is 0 Å². The third-order valence-electron chi connectivity index (χ3n) is 4.31.